The number of benzene rings is 3. The Bertz CT molecular complexity index is 1310. The van der Waals surface area contributed by atoms with Gasteiger partial charge in [-0.25, -0.2) is 13.8 Å². The number of para-hydroxylation sites is 1. The molecule has 0 fully saturated rings. The molecule has 0 aliphatic heterocycles. The van der Waals surface area contributed by atoms with Gasteiger partial charge in [0.1, 0.15) is 23.1 Å². The van der Waals surface area contributed by atoms with Gasteiger partial charge in [0.2, 0.25) is 5.91 Å². The van der Waals surface area contributed by atoms with E-state index in [2.05, 4.69) is 4.98 Å². The summed E-state index contributed by atoms with van der Waals surface area (Å²) in [6.07, 6.45) is 1.65. The van der Waals surface area contributed by atoms with Gasteiger partial charge >= 0.3 is 0 Å². The van der Waals surface area contributed by atoms with Crippen LogP contribution in [0.5, 0.6) is 0 Å². The molecule has 0 aliphatic rings. The van der Waals surface area contributed by atoms with Gasteiger partial charge in [-0.15, -0.1) is 0 Å². The Morgan fingerprint density at radius 3 is 2.15 bits per heavy atom. The summed E-state index contributed by atoms with van der Waals surface area (Å²) in [4.78, 5) is 31.1. The lowest BCUT2D eigenvalue weighted by Crippen LogP contribution is -2.29. The van der Waals surface area contributed by atoms with Crippen LogP contribution in [0.4, 0.5) is 20.3 Å². The van der Waals surface area contributed by atoms with Crippen molar-refractivity contribution < 1.29 is 18.4 Å². The number of carbonyl (C=O) groups excluding carboxylic acids is 2. The highest BCUT2D eigenvalue weighted by atomic mass is 35.5. The molecular weight excluding hydrogens is 458 g/mol. The zero-order valence-corrected chi connectivity index (χ0v) is 18.7. The van der Waals surface area contributed by atoms with Gasteiger partial charge in [0.25, 0.3) is 0 Å². The van der Waals surface area contributed by atoms with Crippen LogP contribution >= 0.6 is 11.6 Å². The van der Waals surface area contributed by atoms with Crippen LogP contribution in [0, 0.1) is 11.6 Å². The van der Waals surface area contributed by atoms with Gasteiger partial charge in [0.05, 0.1) is 5.02 Å². The largest absolute Gasteiger partial charge is 0.288 e. The first-order valence-electron chi connectivity index (χ1n) is 10.5. The van der Waals surface area contributed by atoms with Crippen LogP contribution in [-0.4, -0.2) is 16.7 Å². The SMILES string of the molecule is O=C(c1ccc(N(C(=O)CCc2ccccc2)c2c(F)cccc2F)nc1)c1ccccc1Cl. The van der Waals surface area contributed by atoms with E-state index in [0.717, 1.165) is 22.6 Å². The second kappa shape index (κ2) is 10.4. The highest BCUT2D eigenvalue weighted by Gasteiger charge is 2.26. The van der Waals surface area contributed by atoms with E-state index in [1.807, 2.05) is 30.3 Å². The van der Waals surface area contributed by atoms with Crippen molar-refractivity contribution in [2.45, 2.75) is 12.8 Å². The lowest BCUT2D eigenvalue weighted by molar-refractivity contribution is -0.118. The number of rotatable bonds is 7. The maximum absolute atomic E-state index is 14.7. The first-order chi connectivity index (χ1) is 16.5. The summed E-state index contributed by atoms with van der Waals surface area (Å²) in [5.74, 6) is -2.69. The first kappa shape index (κ1) is 23.3. The number of hydrogen-bond donors (Lipinski definition) is 0. The van der Waals surface area contributed by atoms with Crippen molar-refractivity contribution >= 4 is 34.8 Å². The molecule has 1 heterocycles. The minimum Gasteiger partial charge on any atom is -0.288 e. The number of halogens is 3. The van der Waals surface area contributed by atoms with E-state index in [-0.39, 0.29) is 23.6 Å². The predicted molar refractivity (Wildman–Crippen MR) is 127 cm³/mol. The molecule has 1 amide bonds. The molecule has 0 saturated carbocycles. The Kier molecular flexibility index (Phi) is 7.09. The van der Waals surface area contributed by atoms with Crippen LogP contribution < -0.4 is 4.90 Å². The molecule has 0 bridgehead atoms. The van der Waals surface area contributed by atoms with E-state index < -0.39 is 23.2 Å². The fourth-order valence-corrected chi connectivity index (χ4v) is 3.75. The average molecular weight is 477 g/mol. The molecule has 34 heavy (non-hydrogen) atoms. The van der Waals surface area contributed by atoms with Gasteiger partial charge in [-0.05, 0) is 48.4 Å². The van der Waals surface area contributed by atoms with Crippen molar-refractivity contribution in [3.63, 3.8) is 0 Å². The topological polar surface area (TPSA) is 50.3 Å². The number of pyridine rings is 1. The Morgan fingerprint density at radius 1 is 0.824 bits per heavy atom. The summed E-state index contributed by atoms with van der Waals surface area (Å²) in [6, 6.07) is 22.1. The van der Waals surface area contributed by atoms with Crippen LogP contribution in [0.2, 0.25) is 5.02 Å². The van der Waals surface area contributed by atoms with Gasteiger partial charge in [-0.2, -0.15) is 0 Å². The lowest BCUT2D eigenvalue weighted by atomic mass is 10.0. The van der Waals surface area contributed by atoms with E-state index in [1.165, 1.54) is 24.4 Å². The molecule has 3 aromatic carbocycles. The average Bonchev–Trinajstić information content (AvgIpc) is 2.85. The molecule has 0 saturated heterocycles. The molecule has 4 nitrogen and oxygen atoms in total. The quantitative estimate of drug-likeness (QED) is 0.284. The van der Waals surface area contributed by atoms with E-state index in [4.69, 9.17) is 11.6 Å². The molecule has 0 aliphatic carbocycles. The van der Waals surface area contributed by atoms with Crippen molar-refractivity contribution in [2.24, 2.45) is 0 Å². The summed E-state index contributed by atoms with van der Waals surface area (Å²) in [5.41, 5.74) is 0.925. The van der Waals surface area contributed by atoms with Crippen LogP contribution in [0.3, 0.4) is 0 Å². The van der Waals surface area contributed by atoms with Crippen molar-refractivity contribution in [1.29, 1.82) is 0 Å². The van der Waals surface area contributed by atoms with Crippen LogP contribution in [0.15, 0.2) is 91.1 Å². The smallest absolute Gasteiger partial charge is 0.233 e. The highest BCUT2D eigenvalue weighted by molar-refractivity contribution is 6.34. The number of ketones is 1. The maximum Gasteiger partial charge on any atom is 0.233 e. The molecule has 0 radical (unpaired) electrons. The number of aromatic nitrogens is 1. The van der Waals surface area contributed by atoms with Gasteiger partial charge in [-0.3, -0.25) is 14.5 Å². The standard InChI is InChI=1S/C27H19ClF2N2O2/c28-21-10-5-4-9-20(21)27(34)19-14-15-24(31-17-19)32(26-22(29)11-6-12-23(26)30)25(33)16-13-18-7-2-1-3-8-18/h1-12,14-15,17H,13,16H2. The van der Waals surface area contributed by atoms with E-state index in [0.29, 0.717) is 17.0 Å². The first-order valence-corrected chi connectivity index (χ1v) is 10.9. The molecule has 7 heteroatoms. The number of hydrogen-bond acceptors (Lipinski definition) is 3. The van der Waals surface area contributed by atoms with Crippen LogP contribution in [0.1, 0.15) is 27.9 Å². The van der Waals surface area contributed by atoms with Gasteiger partial charge < -0.3 is 0 Å². The van der Waals surface area contributed by atoms with Crippen molar-refractivity contribution in [2.75, 3.05) is 4.90 Å². The third-order valence-corrected chi connectivity index (χ3v) is 5.57. The molecule has 1 aromatic heterocycles. The van der Waals surface area contributed by atoms with E-state index >= 15 is 0 Å². The summed E-state index contributed by atoms with van der Waals surface area (Å²) < 4.78 is 29.3. The Morgan fingerprint density at radius 2 is 1.50 bits per heavy atom. The number of aryl methyl sites for hydroxylation is 1. The summed E-state index contributed by atoms with van der Waals surface area (Å²) >= 11 is 6.11. The highest BCUT2D eigenvalue weighted by Crippen LogP contribution is 2.31. The Balaban J connectivity index is 1.67. The Labute approximate surface area is 200 Å². The second-order valence-corrected chi connectivity index (χ2v) is 7.91. The number of amides is 1. The van der Waals surface area contributed by atoms with E-state index in [1.54, 1.807) is 24.3 Å². The van der Waals surface area contributed by atoms with Gasteiger partial charge in [0.15, 0.2) is 5.78 Å². The van der Waals surface area contributed by atoms with Crippen molar-refractivity contribution in [3.05, 3.63) is 124 Å². The fraction of sp³-hybridized carbons (Fsp3) is 0.0741. The molecular formula is C27H19ClF2N2O2. The maximum atomic E-state index is 14.7. The second-order valence-electron chi connectivity index (χ2n) is 7.50. The minimum atomic E-state index is -0.897. The van der Waals surface area contributed by atoms with Crippen LogP contribution in [0.25, 0.3) is 0 Å². The third-order valence-electron chi connectivity index (χ3n) is 5.24. The van der Waals surface area contributed by atoms with Crippen LogP contribution in [-0.2, 0) is 11.2 Å². The zero-order valence-electron chi connectivity index (χ0n) is 17.9. The molecule has 0 atom stereocenters. The predicted octanol–water partition coefficient (Wildman–Crippen LogP) is 6.54. The molecule has 4 aromatic rings. The molecule has 0 spiro atoms. The minimum absolute atomic E-state index is 0.000225. The normalized spacial score (nSPS) is 10.7. The summed E-state index contributed by atoms with van der Waals surface area (Å²) in [7, 11) is 0. The summed E-state index contributed by atoms with van der Waals surface area (Å²) in [5, 5.41) is 0.294. The van der Waals surface area contributed by atoms with Crippen molar-refractivity contribution in [1.82, 2.24) is 4.98 Å². The number of carbonyl (C=O) groups is 2. The van der Waals surface area contributed by atoms with Gasteiger partial charge in [-0.1, -0.05) is 60.1 Å². The van der Waals surface area contributed by atoms with E-state index in [9.17, 15) is 18.4 Å². The number of anilines is 2. The molecule has 4 rings (SSSR count). The zero-order chi connectivity index (χ0) is 24.1. The third kappa shape index (κ3) is 5.02. The monoisotopic (exact) mass is 476 g/mol. The molecule has 0 unspecified atom stereocenters. The molecule has 0 N–H and O–H groups in total. The summed E-state index contributed by atoms with van der Waals surface area (Å²) in [6.45, 7) is 0. The lowest BCUT2D eigenvalue weighted by Gasteiger charge is -2.23. The number of nitrogens with zero attached hydrogens (tertiary/aromatic N) is 2. The fourth-order valence-electron chi connectivity index (χ4n) is 3.53. The Hall–Kier alpha value is -3.90. The van der Waals surface area contributed by atoms with Gasteiger partial charge in [0, 0.05) is 23.7 Å². The van der Waals surface area contributed by atoms with Crippen molar-refractivity contribution in [3.8, 4) is 0 Å². The molecule has 170 valence electrons.